The van der Waals surface area contributed by atoms with Crippen molar-refractivity contribution in [1.29, 1.82) is 0 Å². The third kappa shape index (κ3) is 2.60. The van der Waals surface area contributed by atoms with Crippen molar-refractivity contribution in [3.05, 3.63) is 28.4 Å². The number of nitro groups is 1. The Morgan fingerprint density at radius 3 is 2.67 bits per heavy atom. The predicted octanol–water partition coefficient (Wildman–Crippen LogP) is 3.00. The average Bonchev–Trinajstić information content (AvgIpc) is 2.39. The summed E-state index contributed by atoms with van der Waals surface area (Å²) < 4.78 is 0. The highest BCUT2D eigenvalue weighted by Crippen LogP contribution is 2.32. The van der Waals surface area contributed by atoms with E-state index in [1.54, 1.807) is 12.3 Å². The molecule has 1 fully saturated rings. The molecule has 18 heavy (non-hydrogen) atoms. The zero-order chi connectivity index (χ0) is 13.1. The highest BCUT2D eigenvalue weighted by atomic mass is 16.6. The van der Waals surface area contributed by atoms with Crippen LogP contribution in [-0.4, -0.2) is 23.0 Å². The second kappa shape index (κ2) is 5.33. The zero-order valence-electron chi connectivity index (χ0n) is 10.9. The van der Waals surface area contributed by atoms with Gasteiger partial charge >= 0.3 is 5.69 Å². The Kier molecular flexibility index (Phi) is 3.79. The van der Waals surface area contributed by atoms with Crippen LogP contribution in [0.2, 0.25) is 0 Å². The summed E-state index contributed by atoms with van der Waals surface area (Å²) in [5, 5.41) is 11.0. The minimum atomic E-state index is -0.357. The van der Waals surface area contributed by atoms with Gasteiger partial charge in [0, 0.05) is 25.4 Å². The normalized spacial score (nSPS) is 23.7. The molecule has 1 aromatic heterocycles. The average molecular weight is 249 g/mol. The van der Waals surface area contributed by atoms with Crippen LogP contribution in [0, 0.1) is 16.0 Å². The summed E-state index contributed by atoms with van der Waals surface area (Å²) in [4.78, 5) is 16.8. The van der Waals surface area contributed by atoms with Crippen LogP contribution in [-0.2, 0) is 0 Å². The van der Waals surface area contributed by atoms with Crippen molar-refractivity contribution in [2.45, 2.75) is 38.6 Å². The summed E-state index contributed by atoms with van der Waals surface area (Å²) >= 11 is 0. The Morgan fingerprint density at radius 1 is 1.39 bits per heavy atom. The fraction of sp³-hybridized carbons (Fsp3) is 0.615. The molecule has 1 saturated carbocycles. The van der Waals surface area contributed by atoms with Gasteiger partial charge in [-0.25, -0.2) is 4.98 Å². The molecular formula is C13H19N3O2. The number of anilines is 1. The zero-order valence-corrected chi connectivity index (χ0v) is 10.9. The molecule has 0 bridgehead atoms. The van der Waals surface area contributed by atoms with E-state index in [1.807, 2.05) is 11.9 Å². The van der Waals surface area contributed by atoms with Crippen molar-refractivity contribution in [3.63, 3.8) is 0 Å². The maximum Gasteiger partial charge on any atom is 0.311 e. The first kappa shape index (κ1) is 12.8. The quantitative estimate of drug-likeness (QED) is 0.610. The summed E-state index contributed by atoms with van der Waals surface area (Å²) in [5.74, 6) is 1.26. The van der Waals surface area contributed by atoms with E-state index in [1.165, 1.54) is 18.9 Å². The van der Waals surface area contributed by atoms with Gasteiger partial charge in [-0.3, -0.25) is 10.1 Å². The number of rotatable bonds is 3. The maximum absolute atomic E-state index is 11.0. The minimum Gasteiger partial charge on any atom is -0.351 e. The lowest BCUT2D eigenvalue weighted by molar-refractivity contribution is -0.384. The molecule has 0 radical (unpaired) electrons. The number of nitrogens with zero attached hydrogens (tertiary/aromatic N) is 3. The molecule has 0 N–H and O–H groups in total. The minimum absolute atomic E-state index is 0.0959. The predicted molar refractivity (Wildman–Crippen MR) is 70.7 cm³/mol. The fourth-order valence-electron chi connectivity index (χ4n) is 2.61. The molecule has 5 heteroatoms. The Bertz CT molecular complexity index is 428. The van der Waals surface area contributed by atoms with E-state index in [4.69, 9.17) is 0 Å². The van der Waals surface area contributed by atoms with Gasteiger partial charge in [0.25, 0.3) is 0 Å². The smallest absolute Gasteiger partial charge is 0.311 e. The fourth-order valence-corrected chi connectivity index (χ4v) is 2.61. The number of hydrogen-bond donors (Lipinski definition) is 0. The molecule has 0 aromatic carbocycles. The van der Waals surface area contributed by atoms with Crippen LogP contribution in [0.4, 0.5) is 11.5 Å². The van der Waals surface area contributed by atoms with E-state index in [0.29, 0.717) is 11.9 Å². The molecule has 0 spiro atoms. The van der Waals surface area contributed by atoms with Crippen molar-refractivity contribution in [3.8, 4) is 0 Å². The molecule has 1 aliphatic rings. The van der Waals surface area contributed by atoms with Crippen LogP contribution in [0.25, 0.3) is 0 Å². The SMILES string of the molecule is CC1CCC(N(C)c2ncccc2[N+](=O)[O-])CC1. The number of aromatic nitrogens is 1. The summed E-state index contributed by atoms with van der Waals surface area (Å²) in [5.41, 5.74) is 0.0959. The lowest BCUT2D eigenvalue weighted by Gasteiger charge is -2.33. The summed E-state index contributed by atoms with van der Waals surface area (Å²) in [6.07, 6.45) is 6.17. The van der Waals surface area contributed by atoms with Crippen LogP contribution in [0.3, 0.4) is 0 Å². The molecule has 2 rings (SSSR count). The van der Waals surface area contributed by atoms with Crippen LogP contribution in [0.15, 0.2) is 18.3 Å². The summed E-state index contributed by atoms with van der Waals surface area (Å²) in [7, 11) is 1.91. The molecule has 0 unspecified atom stereocenters. The molecule has 1 heterocycles. The second-order valence-electron chi connectivity index (χ2n) is 5.13. The van der Waals surface area contributed by atoms with Gasteiger partial charge in [0.2, 0.25) is 5.82 Å². The van der Waals surface area contributed by atoms with Gasteiger partial charge in [0.15, 0.2) is 0 Å². The van der Waals surface area contributed by atoms with Gasteiger partial charge in [-0.15, -0.1) is 0 Å². The van der Waals surface area contributed by atoms with Crippen LogP contribution < -0.4 is 4.90 Å². The van der Waals surface area contributed by atoms with E-state index in [-0.39, 0.29) is 10.6 Å². The number of hydrogen-bond acceptors (Lipinski definition) is 4. The molecule has 0 amide bonds. The topological polar surface area (TPSA) is 59.3 Å². The Labute approximate surface area is 107 Å². The molecular weight excluding hydrogens is 230 g/mol. The Morgan fingerprint density at radius 2 is 2.06 bits per heavy atom. The van der Waals surface area contributed by atoms with E-state index >= 15 is 0 Å². The van der Waals surface area contributed by atoms with Crippen molar-refractivity contribution in [2.75, 3.05) is 11.9 Å². The molecule has 1 aliphatic carbocycles. The van der Waals surface area contributed by atoms with Gasteiger partial charge in [-0.2, -0.15) is 0 Å². The lowest BCUT2D eigenvalue weighted by atomic mass is 9.87. The van der Waals surface area contributed by atoms with E-state index < -0.39 is 0 Å². The molecule has 98 valence electrons. The van der Waals surface area contributed by atoms with E-state index in [0.717, 1.165) is 18.8 Å². The van der Waals surface area contributed by atoms with Gasteiger partial charge in [-0.05, 0) is 37.7 Å². The second-order valence-corrected chi connectivity index (χ2v) is 5.13. The molecule has 0 atom stereocenters. The first-order valence-corrected chi connectivity index (χ1v) is 6.42. The molecule has 0 saturated heterocycles. The first-order chi connectivity index (χ1) is 8.59. The third-order valence-corrected chi connectivity index (χ3v) is 3.83. The number of pyridine rings is 1. The molecule has 5 nitrogen and oxygen atoms in total. The maximum atomic E-state index is 11.0. The Balaban J connectivity index is 2.18. The first-order valence-electron chi connectivity index (χ1n) is 6.42. The van der Waals surface area contributed by atoms with Crippen molar-refractivity contribution < 1.29 is 4.92 Å². The van der Waals surface area contributed by atoms with Gasteiger partial charge in [-0.1, -0.05) is 6.92 Å². The van der Waals surface area contributed by atoms with E-state index in [2.05, 4.69) is 11.9 Å². The van der Waals surface area contributed by atoms with Gasteiger partial charge in [0.1, 0.15) is 0 Å². The van der Waals surface area contributed by atoms with E-state index in [9.17, 15) is 10.1 Å². The summed E-state index contributed by atoms with van der Waals surface area (Å²) in [6.45, 7) is 2.26. The van der Waals surface area contributed by atoms with Crippen molar-refractivity contribution in [2.24, 2.45) is 5.92 Å². The van der Waals surface area contributed by atoms with Crippen LogP contribution >= 0.6 is 0 Å². The molecule has 1 aromatic rings. The third-order valence-electron chi connectivity index (χ3n) is 3.83. The van der Waals surface area contributed by atoms with Gasteiger partial charge in [0.05, 0.1) is 4.92 Å². The lowest BCUT2D eigenvalue weighted by Crippen LogP contribution is -2.35. The highest BCUT2D eigenvalue weighted by Gasteiger charge is 2.26. The summed E-state index contributed by atoms with van der Waals surface area (Å²) in [6, 6.07) is 3.50. The van der Waals surface area contributed by atoms with Crippen LogP contribution in [0.1, 0.15) is 32.6 Å². The Hall–Kier alpha value is -1.65. The van der Waals surface area contributed by atoms with Gasteiger partial charge < -0.3 is 4.90 Å². The van der Waals surface area contributed by atoms with Crippen molar-refractivity contribution in [1.82, 2.24) is 4.98 Å². The monoisotopic (exact) mass is 249 g/mol. The molecule has 0 aliphatic heterocycles. The largest absolute Gasteiger partial charge is 0.351 e. The standard InChI is InChI=1S/C13H19N3O2/c1-10-5-7-11(8-6-10)15(2)13-12(16(17)18)4-3-9-14-13/h3-4,9-11H,5-8H2,1-2H3. The highest BCUT2D eigenvalue weighted by molar-refractivity contribution is 5.57. The van der Waals surface area contributed by atoms with Crippen molar-refractivity contribution >= 4 is 11.5 Å². The van der Waals surface area contributed by atoms with Crippen LogP contribution in [0.5, 0.6) is 0 Å².